The van der Waals surface area contributed by atoms with E-state index in [1.807, 2.05) is 31.2 Å². The summed E-state index contributed by atoms with van der Waals surface area (Å²) < 4.78 is 0. The molecular weight excluding hydrogens is 252 g/mol. The summed E-state index contributed by atoms with van der Waals surface area (Å²) in [7, 11) is 4.14. The minimum absolute atomic E-state index is 0.759. The van der Waals surface area contributed by atoms with Crippen LogP contribution in [0.25, 0.3) is 11.3 Å². The van der Waals surface area contributed by atoms with Gasteiger partial charge in [0, 0.05) is 22.0 Å². The van der Waals surface area contributed by atoms with E-state index in [4.69, 9.17) is 11.6 Å². The van der Waals surface area contributed by atoms with Gasteiger partial charge in [0.15, 0.2) is 0 Å². The summed E-state index contributed by atoms with van der Waals surface area (Å²) in [6, 6.07) is 7.86. The van der Waals surface area contributed by atoms with E-state index in [2.05, 4.69) is 24.0 Å². The summed E-state index contributed by atoms with van der Waals surface area (Å²) in [6.45, 7) is 2.96. The van der Waals surface area contributed by atoms with E-state index in [1.165, 1.54) is 4.88 Å². The third-order valence-corrected chi connectivity index (χ3v) is 3.59. The SMILES string of the molecule is Cc1nc(-c2ccc(Cl)cc2)c(CN(C)C)s1. The highest BCUT2D eigenvalue weighted by Crippen LogP contribution is 2.29. The topological polar surface area (TPSA) is 16.1 Å². The first-order valence-corrected chi connectivity index (χ1v) is 6.62. The summed E-state index contributed by atoms with van der Waals surface area (Å²) in [5.74, 6) is 0. The molecule has 0 radical (unpaired) electrons. The maximum Gasteiger partial charge on any atom is 0.0905 e. The van der Waals surface area contributed by atoms with Gasteiger partial charge < -0.3 is 4.90 Å². The summed E-state index contributed by atoms with van der Waals surface area (Å²) in [5.41, 5.74) is 2.22. The van der Waals surface area contributed by atoms with Crippen molar-refractivity contribution < 1.29 is 0 Å². The van der Waals surface area contributed by atoms with Crippen LogP contribution in [-0.4, -0.2) is 24.0 Å². The van der Waals surface area contributed by atoms with Crippen LogP contribution in [0.5, 0.6) is 0 Å². The fraction of sp³-hybridized carbons (Fsp3) is 0.308. The third-order valence-electron chi connectivity index (χ3n) is 2.38. The molecule has 0 aliphatic heterocycles. The largest absolute Gasteiger partial charge is 0.304 e. The molecule has 1 aromatic carbocycles. The Kier molecular flexibility index (Phi) is 3.82. The van der Waals surface area contributed by atoms with Crippen molar-refractivity contribution in [2.75, 3.05) is 14.1 Å². The van der Waals surface area contributed by atoms with Crippen molar-refractivity contribution in [2.45, 2.75) is 13.5 Å². The predicted molar refractivity (Wildman–Crippen MR) is 74.7 cm³/mol. The average Bonchev–Trinajstić information content (AvgIpc) is 2.59. The van der Waals surface area contributed by atoms with Crippen LogP contribution in [0.4, 0.5) is 0 Å². The maximum atomic E-state index is 5.90. The molecule has 0 atom stereocenters. The van der Waals surface area contributed by atoms with E-state index < -0.39 is 0 Å². The van der Waals surface area contributed by atoms with Gasteiger partial charge in [0.1, 0.15) is 0 Å². The van der Waals surface area contributed by atoms with Crippen LogP contribution < -0.4 is 0 Å². The highest BCUT2D eigenvalue weighted by Gasteiger charge is 2.11. The first kappa shape index (κ1) is 12.6. The minimum atomic E-state index is 0.759. The van der Waals surface area contributed by atoms with Crippen LogP contribution in [0, 0.1) is 6.92 Å². The van der Waals surface area contributed by atoms with Crippen molar-refractivity contribution in [2.24, 2.45) is 0 Å². The monoisotopic (exact) mass is 266 g/mol. The zero-order valence-electron chi connectivity index (χ0n) is 10.2. The smallest absolute Gasteiger partial charge is 0.0905 e. The third kappa shape index (κ3) is 3.06. The van der Waals surface area contributed by atoms with Gasteiger partial charge in [0.05, 0.1) is 10.7 Å². The highest BCUT2D eigenvalue weighted by atomic mass is 35.5. The molecule has 0 saturated carbocycles. The second-order valence-electron chi connectivity index (χ2n) is 4.25. The molecule has 0 N–H and O–H groups in total. The van der Waals surface area contributed by atoms with Gasteiger partial charge in [0.25, 0.3) is 0 Å². The Morgan fingerprint density at radius 3 is 2.47 bits per heavy atom. The number of benzene rings is 1. The van der Waals surface area contributed by atoms with Crippen LogP contribution in [0.2, 0.25) is 5.02 Å². The summed E-state index contributed by atoms with van der Waals surface area (Å²) in [5, 5.41) is 1.86. The van der Waals surface area contributed by atoms with Crippen LogP contribution in [-0.2, 0) is 6.54 Å². The zero-order valence-corrected chi connectivity index (χ0v) is 11.8. The standard InChI is InChI=1S/C13H15ClN2S/c1-9-15-13(12(17-9)8-16(2)3)10-4-6-11(14)7-5-10/h4-7H,8H2,1-3H3. The van der Waals surface area contributed by atoms with Gasteiger partial charge in [-0.2, -0.15) is 0 Å². The first-order chi connectivity index (χ1) is 8.06. The molecule has 0 bridgehead atoms. The summed E-state index contributed by atoms with van der Waals surface area (Å²) in [4.78, 5) is 8.07. The second kappa shape index (κ2) is 5.17. The lowest BCUT2D eigenvalue weighted by atomic mass is 10.1. The Hall–Kier alpha value is -0.900. The maximum absolute atomic E-state index is 5.90. The second-order valence-corrected chi connectivity index (χ2v) is 5.97. The lowest BCUT2D eigenvalue weighted by Crippen LogP contribution is -2.10. The Bertz CT molecular complexity index is 503. The molecule has 2 nitrogen and oxygen atoms in total. The van der Waals surface area contributed by atoms with Crippen molar-refractivity contribution >= 4 is 22.9 Å². The lowest BCUT2D eigenvalue weighted by Gasteiger charge is -2.09. The summed E-state index contributed by atoms with van der Waals surface area (Å²) in [6.07, 6.45) is 0. The fourth-order valence-corrected chi connectivity index (χ4v) is 2.90. The average molecular weight is 267 g/mol. The lowest BCUT2D eigenvalue weighted by molar-refractivity contribution is 0.406. The normalized spacial score (nSPS) is 11.1. The van der Waals surface area contributed by atoms with E-state index in [0.717, 1.165) is 27.8 Å². The van der Waals surface area contributed by atoms with Gasteiger partial charge in [-0.25, -0.2) is 4.98 Å². The number of hydrogen-bond acceptors (Lipinski definition) is 3. The minimum Gasteiger partial charge on any atom is -0.304 e. The van der Waals surface area contributed by atoms with Crippen molar-refractivity contribution in [3.05, 3.63) is 39.2 Å². The fourth-order valence-electron chi connectivity index (χ4n) is 1.70. The number of rotatable bonds is 3. The molecule has 1 aromatic heterocycles. The molecule has 0 aliphatic rings. The van der Waals surface area contributed by atoms with Crippen molar-refractivity contribution in [3.63, 3.8) is 0 Å². The van der Waals surface area contributed by atoms with Crippen LogP contribution >= 0.6 is 22.9 Å². The Balaban J connectivity index is 2.40. The number of thiazole rings is 1. The molecule has 2 aromatic rings. The van der Waals surface area contributed by atoms with E-state index in [1.54, 1.807) is 11.3 Å². The van der Waals surface area contributed by atoms with E-state index >= 15 is 0 Å². The number of aromatic nitrogens is 1. The van der Waals surface area contributed by atoms with Crippen LogP contribution in [0.3, 0.4) is 0 Å². The van der Waals surface area contributed by atoms with Gasteiger partial charge in [-0.15, -0.1) is 11.3 Å². The number of aryl methyl sites for hydroxylation is 1. The van der Waals surface area contributed by atoms with Gasteiger partial charge in [0.2, 0.25) is 0 Å². The molecule has 2 rings (SSSR count). The molecule has 0 unspecified atom stereocenters. The van der Waals surface area contributed by atoms with E-state index in [-0.39, 0.29) is 0 Å². The molecular formula is C13H15ClN2S. The first-order valence-electron chi connectivity index (χ1n) is 5.43. The summed E-state index contributed by atoms with van der Waals surface area (Å²) >= 11 is 7.66. The van der Waals surface area contributed by atoms with E-state index in [0.29, 0.717) is 0 Å². The molecule has 0 spiro atoms. The molecule has 90 valence electrons. The molecule has 0 saturated heterocycles. The Labute approximate surface area is 111 Å². The number of halogens is 1. The van der Waals surface area contributed by atoms with Gasteiger partial charge >= 0.3 is 0 Å². The van der Waals surface area contributed by atoms with Crippen molar-refractivity contribution in [1.29, 1.82) is 0 Å². The van der Waals surface area contributed by atoms with Crippen LogP contribution in [0.1, 0.15) is 9.88 Å². The molecule has 0 amide bonds. The van der Waals surface area contributed by atoms with Gasteiger partial charge in [-0.3, -0.25) is 0 Å². The molecule has 4 heteroatoms. The molecule has 1 heterocycles. The highest BCUT2D eigenvalue weighted by molar-refractivity contribution is 7.12. The van der Waals surface area contributed by atoms with Crippen LogP contribution in [0.15, 0.2) is 24.3 Å². The quantitative estimate of drug-likeness (QED) is 0.839. The van der Waals surface area contributed by atoms with Gasteiger partial charge in [-0.1, -0.05) is 23.7 Å². The predicted octanol–water partition coefficient (Wildman–Crippen LogP) is 3.83. The zero-order chi connectivity index (χ0) is 12.4. The van der Waals surface area contributed by atoms with Crippen molar-refractivity contribution in [3.8, 4) is 11.3 Å². The van der Waals surface area contributed by atoms with Gasteiger partial charge in [-0.05, 0) is 33.2 Å². The number of hydrogen-bond donors (Lipinski definition) is 0. The number of nitrogens with zero attached hydrogens (tertiary/aromatic N) is 2. The Morgan fingerprint density at radius 1 is 1.24 bits per heavy atom. The Morgan fingerprint density at radius 2 is 1.88 bits per heavy atom. The molecule has 17 heavy (non-hydrogen) atoms. The van der Waals surface area contributed by atoms with E-state index in [9.17, 15) is 0 Å². The van der Waals surface area contributed by atoms with Crippen molar-refractivity contribution in [1.82, 2.24) is 9.88 Å². The molecule has 0 fully saturated rings. The molecule has 0 aliphatic carbocycles.